The molecule has 0 aromatic heterocycles. The Kier molecular flexibility index (Phi) is 3.73. The van der Waals surface area contributed by atoms with Gasteiger partial charge < -0.3 is 9.31 Å². The second-order valence-electron chi connectivity index (χ2n) is 7.67. The highest BCUT2D eigenvalue weighted by molar-refractivity contribution is 7.88. The van der Waals surface area contributed by atoms with Crippen LogP contribution in [0.4, 0.5) is 0 Å². The van der Waals surface area contributed by atoms with Gasteiger partial charge in [-0.15, -0.1) is 0 Å². The third-order valence-electron chi connectivity index (χ3n) is 5.12. The van der Waals surface area contributed by atoms with Crippen molar-refractivity contribution in [1.82, 2.24) is 4.72 Å². The molecule has 0 atom stereocenters. The van der Waals surface area contributed by atoms with Crippen LogP contribution in [0.2, 0.25) is 0 Å². The summed E-state index contributed by atoms with van der Waals surface area (Å²) in [5.41, 5.74) is 0.769. The fraction of sp³-hybridized carbons (Fsp3) is 0.625. The third-order valence-corrected chi connectivity index (χ3v) is 5.88. The van der Waals surface area contributed by atoms with Gasteiger partial charge in [0.1, 0.15) is 0 Å². The summed E-state index contributed by atoms with van der Waals surface area (Å²) in [4.78, 5) is 0. The molecule has 2 fully saturated rings. The van der Waals surface area contributed by atoms with Crippen LogP contribution in [0.1, 0.15) is 46.1 Å². The van der Waals surface area contributed by atoms with E-state index in [1.54, 1.807) is 0 Å². The second-order valence-corrected chi connectivity index (χ2v) is 9.42. The minimum absolute atomic E-state index is 0.369. The third kappa shape index (κ3) is 3.20. The first-order valence-corrected chi connectivity index (χ1v) is 9.78. The van der Waals surface area contributed by atoms with Crippen molar-refractivity contribution in [1.29, 1.82) is 0 Å². The standard InChI is InChI=1S/C16H24BNO4S/c1-14(2)15(3,4)22-17(21-14)13-8-6-12(7-9-13)16(10-11-16)18-23(5,19)20/h6-9,18H,10-11H2,1-5H3. The second kappa shape index (κ2) is 5.05. The number of benzene rings is 1. The van der Waals surface area contributed by atoms with Crippen LogP contribution in [0.25, 0.3) is 0 Å². The normalized spacial score (nSPS) is 24.7. The van der Waals surface area contributed by atoms with Crippen LogP contribution in [-0.2, 0) is 24.9 Å². The molecule has 2 aliphatic rings. The quantitative estimate of drug-likeness (QED) is 0.847. The monoisotopic (exact) mass is 337 g/mol. The van der Waals surface area contributed by atoms with Crippen LogP contribution >= 0.6 is 0 Å². The van der Waals surface area contributed by atoms with Crippen molar-refractivity contribution in [2.45, 2.75) is 57.3 Å². The summed E-state index contributed by atoms with van der Waals surface area (Å²) in [6.07, 6.45) is 2.86. The number of rotatable bonds is 4. The SMILES string of the molecule is CC1(C)OB(c2ccc(C3(NS(C)(=O)=O)CC3)cc2)OC1(C)C. The Hall–Kier alpha value is -0.885. The molecular weight excluding hydrogens is 313 g/mol. The lowest BCUT2D eigenvalue weighted by atomic mass is 9.78. The van der Waals surface area contributed by atoms with Crippen molar-refractivity contribution in [2.24, 2.45) is 0 Å². The van der Waals surface area contributed by atoms with E-state index in [1.807, 2.05) is 52.0 Å². The summed E-state index contributed by atoms with van der Waals surface area (Å²) in [5.74, 6) is 0. The molecule has 23 heavy (non-hydrogen) atoms. The zero-order valence-corrected chi connectivity index (χ0v) is 15.2. The van der Waals surface area contributed by atoms with Crippen molar-refractivity contribution >= 4 is 22.6 Å². The van der Waals surface area contributed by atoms with Gasteiger partial charge in [-0.05, 0) is 51.6 Å². The van der Waals surface area contributed by atoms with E-state index in [1.165, 1.54) is 6.26 Å². The molecule has 1 aliphatic carbocycles. The zero-order chi connectivity index (χ0) is 17.1. The van der Waals surface area contributed by atoms with Crippen LogP contribution in [-0.4, -0.2) is 33.0 Å². The van der Waals surface area contributed by atoms with Gasteiger partial charge in [0.05, 0.1) is 23.0 Å². The Morgan fingerprint density at radius 2 is 1.48 bits per heavy atom. The number of hydrogen-bond donors (Lipinski definition) is 1. The van der Waals surface area contributed by atoms with Crippen LogP contribution in [0, 0.1) is 0 Å². The van der Waals surface area contributed by atoms with E-state index in [9.17, 15) is 8.42 Å². The molecule has 1 aromatic carbocycles. The first kappa shape index (κ1) is 17.0. The highest BCUT2D eigenvalue weighted by Gasteiger charge is 2.52. The summed E-state index contributed by atoms with van der Waals surface area (Å²) in [6.45, 7) is 8.10. The minimum atomic E-state index is -3.22. The average molecular weight is 337 g/mol. The predicted octanol–water partition coefficient (Wildman–Crippen LogP) is 1.52. The van der Waals surface area contributed by atoms with Crippen molar-refractivity contribution in [3.05, 3.63) is 29.8 Å². The van der Waals surface area contributed by atoms with E-state index < -0.39 is 22.7 Å². The van der Waals surface area contributed by atoms with E-state index in [0.29, 0.717) is 0 Å². The molecule has 1 aromatic rings. The van der Waals surface area contributed by atoms with Gasteiger partial charge in [0.15, 0.2) is 0 Å². The molecule has 126 valence electrons. The van der Waals surface area contributed by atoms with Crippen molar-refractivity contribution in [3.8, 4) is 0 Å². The number of hydrogen-bond acceptors (Lipinski definition) is 4. The highest BCUT2D eigenvalue weighted by Crippen LogP contribution is 2.45. The van der Waals surface area contributed by atoms with Crippen LogP contribution in [0.3, 0.4) is 0 Å². The molecule has 7 heteroatoms. The number of nitrogens with one attached hydrogen (secondary N) is 1. The summed E-state index contributed by atoms with van der Waals surface area (Å²) in [7, 11) is -3.62. The van der Waals surface area contributed by atoms with Gasteiger partial charge in [-0.3, -0.25) is 0 Å². The zero-order valence-electron chi connectivity index (χ0n) is 14.3. The molecule has 0 amide bonds. The molecule has 0 spiro atoms. The Morgan fingerprint density at radius 3 is 1.87 bits per heavy atom. The maximum atomic E-state index is 11.5. The predicted molar refractivity (Wildman–Crippen MR) is 91.0 cm³/mol. The van der Waals surface area contributed by atoms with E-state index >= 15 is 0 Å². The van der Waals surface area contributed by atoms with Crippen molar-refractivity contribution in [3.63, 3.8) is 0 Å². The fourth-order valence-electron chi connectivity index (χ4n) is 2.87. The lowest BCUT2D eigenvalue weighted by Gasteiger charge is -2.32. The van der Waals surface area contributed by atoms with E-state index in [-0.39, 0.29) is 11.2 Å². The molecule has 5 nitrogen and oxygen atoms in total. The van der Waals surface area contributed by atoms with Crippen molar-refractivity contribution < 1.29 is 17.7 Å². The fourth-order valence-corrected chi connectivity index (χ4v) is 3.90. The lowest BCUT2D eigenvalue weighted by Crippen LogP contribution is -2.41. The molecule has 3 rings (SSSR count). The summed E-state index contributed by atoms with van der Waals surface area (Å²) in [5, 5.41) is 0. The van der Waals surface area contributed by atoms with E-state index in [0.717, 1.165) is 23.9 Å². The Bertz CT molecular complexity index is 692. The summed E-state index contributed by atoms with van der Waals surface area (Å²) in [6, 6.07) is 7.85. The molecule has 0 radical (unpaired) electrons. The molecule has 1 saturated carbocycles. The van der Waals surface area contributed by atoms with Crippen molar-refractivity contribution in [2.75, 3.05) is 6.26 Å². The maximum Gasteiger partial charge on any atom is 0.494 e. The summed E-state index contributed by atoms with van der Waals surface area (Å²) < 4.78 is 37.9. The smallest absolute Gasteiger partial charge is 0.399 e. The van der Waals surface area contributed by atoms with Gasteiger partial charge in [-0.1, -0.05) is 24.3 Å². The lowest BCUT2D eigenvalue weighted by molar-refractivity contribution is 0.00578. The Balaban J connectivity index is 1.79. The molecule has 1 aliphatic heterocycles. The van der Waals surface area contributed by atoms with Gasteiger partial charge in [0.2, 0.25) is 10.0 Å². The molecule has 0 bridgehead atoms. The van der Waals surface area contributed by atoms with E-state index in [2.05, 4.69) is 4.72 Å². The van der Waals surface area contributed by atoms with Gasteiger partial charge in [0.25, 0.3) is 0 Å². The molecule has 1 heterocycles. The Morgan fingerprint density at radius 1 is 1.00 bits per heavy atom. The Labute approximate surface area is 138 Å². The first-order valence-electron chi connectivity index (χ1n) is 7.89. The van der Waals surface area contributed by atoms with Crippen LogP contribution in [0.15, 0.2) is 24.3 Å². The average Bonchev–Trinajstić information content (AvgIpc) is 3.11. The van der Waals surface area contributed by atoms with Crippen LogP contribution in [0.5, 0.6) is 0 Å². The summed E-state index contributed by atoms with van der Waals surface area (Å²) >= 11 is 0. The molecule has 1 N–H and O–H groups in total. The van der Waals surface area contributed by atoms with Gasteiger partial charge in [-0.25, -0.2) is 13.1 Å². The number of sulfonamides is 1. The van der Waals surface area contributed by atoms with Gasteiger partial charge in [-0.2, -0.15) is 0 Å². The maximum absolute atomic E-state index is 11.5. The largest absolute Gasteiger partial charge is 0.494 e. The van der Waals surface area contributed by atoms with Gasteiger partial charge in [0, 0.05) is 0 Å². The minimum Gasteiger partial charge on any atom is -0.399 e. The first-order chi connectivity index (χ1) is 10.4. The molecular formula is C16H24BNO4S. The van der Waals surface area contributed by atoms with Crippen LogP contribution < -0.4 is 10.2 Å². The van der Waals surface area contributed by atoms with E-state index in [4.69, 9.17) is 9.31 Å². The highest BCUT2D eigenvalue weighted by atomic mass is 32.2. The topological polar surface area (TPSA) is 64.6 Å². The molecule has 0 unspecified atom stereocenters. The molecule has 1 saturated heterocycles. The van der Waals surface area contributed by atoms with Gasteiger partial charge >= 0.3 is 7.12 Å².